The van der Waals surface area contributed by atoms with E-state index in [0.29, 0.717) is 31.5 Å². The van der Waals surface area contributed by atoms with Crippen molar-refractivity contribution in [3.63, 3.8) is 0 Å². The Kier molecular flexibility index (Phi) is 4.67. The first-order chi connectivity index (χ1) is 12.2. The van der Waals surface area contributed by atoms with Crippen molar-refractivity contribution in [3.8, 4) is 0 Å². The fourth-order valence-electron chi connectivity index (χ4n) is 3.58. The maximum absolute atomic E-state index is 14.5. The highest BCUT2D eigenvalue weighted by molar-refractivity contribution is 5.49. The average Bonchev–Trinajstić information content (AvgIpc) is 3.00. The molecule has 0 amide bonds. The molecule has 1 atom stereocenters. The van der Waals surface area contributed by atoms with Crippen LogP contribution in [-0.2, 0) is 24.2 Å². The van der Waals surface area contributed by atoms with E-state index in [1.54, 1.807) is 6.07 Å². The Hall–Kier alpha value is -1.99. The van der Waals surface area contributed by atoms with Gasteiger partial charge in [0.25, 0.3) is 0 Å². The molecule has 2 aliphatic rings. The first-order valence-electron chi connectivity index (χ1n) is 8.94. The van der Waals surface area contributed by atoms with Crippen LogP contribution in [0.4, 0.5) is 10.1 Å². The molecule has 0 saturated carbocycles. The van der Waals surface area contributed by atoms with E-state index in [0.717, 1.165) is 49.7 Å². The second-order valence-corrected chi connectivity index (χ2v) is 6.76. The average molecular weight is 345 g/mol. The van der Waals surface area contributed by atoms with E-state index in [9.17, 15) is 4.39 Å². The Labute approximate surface area is 147 Å². The number of rotatable bonds is 4. The molecule has 7 heteroatoms. The molecular formula is C18H24FN5O. The highest BCUT2D eigenvalue weighted by Crippen LogP contribution is 2.22. The molecule has 2 aliphatic heterocycles. The maximum atomic E-state index is 14.5. The summed E-state index contributed by atoms with van der Waals surface area (Å²) in [6.45, 7) is 6.22. The van der Waals surface area contributed by atoms with E-state index in [2.05, 4.69) is 15.4 Å². The van der Waals surface area contributed by atoms with E-state index >= 15 is 0 Å². The molecule has 1 N–H and O–H groups in total. The van der Waals surface area contributed by atoms with E-state index in [1.807, 2.05) is 28.6 Å². The van der Waals surface area contributed by atoms with Crippen molar-refractivity contribution in [3.05, 3.63) is 41.2 Å². The van der Waals surface area contributed by atoms with Crippen molar-refractivity contribution in [1.29, 1.82) is 0 Å². The summed E-state index contributed by atoms with van der Waals surface area (Å²) in [7, 11) is 0. The fourth-order valence-corrected chi connectivity index (χ4v) is 3.58. The normalized spacial score (nSPS) is 20.6. The minimum Gasteiger partial charge on any atom is -0.378 e. The van der Waals surface area contributed by atoms with Gasteiger partial charge in [0.05, 0.1) is 25.4 Å². The van der Waals surface area contributed by atoms with Crippen LogP contribution in [0.25, 0.3) is 0 Å². The van der Waals surface area contributed by atoms with Crippen LogP contribution in [0.5, 0.6) is 0 Å². The molecule has 1 aromatic carbocycles. The van der Waals surface area contributed by atoms with Gasteiger partial charge in [0.2, 0.25) is 0 Å². The minimum atomic E-state index is -0.154. The molecule has 2 aromatic rings. The second-order valence-electron chi connectivity index (χ2n) is 6.76. The summed E-state index contributed by atoms with van der Waals surface area (Å²) in [6.07, 6.45) is 1.97. The van der Waals surface area contributed by atoms with Gasteiger partial charge in [0.1, 0.15) is 17.5 Å². The van der Waals surface area contributed by atoms with E-state index in [-0.39, 0.29) is 5.82 Å². The minimum absolute atomic E-state index is 0.154. The van der Waals surface area contributed by atoms with Gasteiger partial charge in [-0.3, -0.25) is 0 Å². The standard InChI is InChI=1S/C18H24FN5O/c1-13-21-18-5-3-15(12-24(18)22-13)20-11-14-2-4-17(16(19)10-14)23-6-8-25-9-7-23/h2,4,10,15,20H,3,5-9,11-12H2,1H3. The number of nitrogens with zero attached hydrogens (tertiary/aromatic N) is 4. The van der Waals surface area contributed by atoms with Gasteiger partial charge >= 0.3 is 0 Å². The van der Waals surface area contributed by atoms with Crippen LogP contribution in [0.2, 0.25) is 0 Å². The van der Waals surface area contributed by atoms with Gasteiger partial charge < -0.3 is 15.0 Å². The van der Waals surface area contributed by atoms with Crippen molar-refractivity contribution in [2.45, 2.75) is 38.9 Å². The van der Waals surface area contributed by atoms with Crippen molar-refractivity contribution >= 4 is 5.69 Å². The number of nitrogens with one attached hydrogen (secondary N) is 1. The summed E-state index contributed by atoms with van der Waals surface area (Å²) in [4.78, 5) is 6.48. The number of fused-ring (bicyclic) bond motifs is 1. The molecule has 25 heavy (non-hydrogen) atoms. The van der Waals surface area contributed by atoms with Crippen LogP contribution in [0.1, 0.15) is 23.6 Å². The number of hydrogen-bond donors (Lipinski definition) is 1. The summed E-state index contributed by atoms with van der Waals surface area (Å²) in [5, 5.41) is 7.95. The predicted molar refractivity (Wildman–Crippen MR) is 93.1 cm³/mol. The van der Waals surface area contributed by atoms with Gasteiger partial charge in [0, 0.05) is 32.1 Å². The van der Waals surface area contributed by atoms with Crippen molar-refractivity contribution in [1.82, 2.24) is 20.1 Å². The van der Waals surface area contributed by atoms with Crippen molar-refractivity contribution in [2.75, 3.05) is 31.2 Å². The Morgan fingerprint density at radius 1 is 1.32 bits per heavy atom. The first kappa shape index (κ1) is 16.5. The SMILES string of the molecule is Cc1nc2n(n1)CC(NCc1ccc(N3CCOCC3)c(F)c1)CC2. The molecule has 0 radical (unpaired) electrons. The molecule has 3 heterocycles. The second kappa shape index (κ2) is 7.09. The lowest BCUT2D eigenvalue weighted by molar-refractivity contribution is 0.122. The third-order valence-electron chi connectivity index (χ3n) is 4.92. The summed E-state index contributed by atoms with van der Waals surface area (Å²) >= 11 is 0. The lowest BCUT2D eigenvalue weighted by Crippen LogP contribution is -2.37. The number of ether oxygens (including phenoxy) is 1. The molecule has 6 nitrogen and oxygen atoms in total. The lowest BCUT2D eigenvalue weighted by atomic mass is 10.1. The summed E-state index contributed by atoms with van der Waals surface area (Å²) < 4.78 is 21.8. The third-order valence-corrected chi connectivity index (χ3v) is 4.92. The molecule has 134 valence electrons. The van der Waals surface area contributed by atoms with Crippen LogP contribution in [-0.4, -0.2) is 47.1 Å². The molecular weight excluding hydrogens is 321 g/mol. The largest absolute Gasteiger partial charge is 0.378 e. The molecule has 1 fully saturated rings. The molecule has 0 aliphatic carbocycles. The number of morpholine rings is 1. The number of halogens is 1. The summed E-state index contributed by atoms with van der Waals surface area (Å²) in [5.41, 5.74) is 1.64. The van der Waals surface area contributed by atoms with E-state index < -0.39 is 0 Å². The highest BCUT2D eigenvalue weighted by atomic mass is 19.1. The molecule has 0 spiro atoms. The van der Waals surface area contributed by atoms with Crippen LogP contribution in [0, 0.1) is 12.7 Å². The number of benzene rings is 1. The van der Waals surface area contributed by atoms with Crippen LogP contribution >= 0.6 is 0 Å². The molecule has 1 aromatic heterocycles. The Balaban J connectivity index is 1.36. The fraction of sp³-hybridized carbons (Fsp3) is 0.556. The van der Waals surface area contributed by atoms with Crippen LogP contribution in [0.3, 0.4) is 0 Å². The van der Waals surface area contributed by atoms with Gasteiger partial charge in [-0.25, -0.2) is 14.1 Å². The number of aryl methyl sites for hydroxylation is 2. The van der Waals surface area contributed by atoms with E-state index in [1.165, 1.54) is 0 Å². The predicted octanol–water partition coefficient (Wildman–Crippen LogP) is 1.67. The van der Waals surface area contributed by atoms with E-state index in [4.69, 9.17) is 4.74 Å². The molecule has 1 unspecified atom stereocenters. The quantitative estimate of drug-likeness (QED) is 0.913. The van der Waals surface area contributed by atoms with Gasteiger partial charge in [-0.1, -0.05) is 6.07 Å². The molecule has 4 rings (SSSR count). The van der Waals surface area contributed by atoms with Crippen molar-refractivity contribution in [2.24, 2.45) is 0 Å². The molecule has 0 bridgehead atoms. The topological polar surface area (TPSA) is 55.2 Å². The summed E-state index contributed by atoms with van der Waals surface area (Å²) in [6, 6.07) is 5.88. The monoisotopic (exact) mass is 345 g/mol. The highest BCUT2D eigenvalue weighted by Gasteiger charge is 2.21. The van der Waals surface area contributed by atoms with Gasteiger partial charge in [-0.2, -0.15) is 5.10 Å². The Bertz CT molecular complexity index is 741. The number of anilines is 1. The van der Waals surface area contributed by atoms with Gasteiger partial charge in [-0.05, 0) is 31.0 Å². The van der Waals surface area contributed by atoms with Gasteiger partial charge in [-0.15, -0.1) is 0 Å². The zero-order valence-electron chi connectivity index (χ0n) is 14.5. The molecule has 1 saturated heterocycles. The third kappa shape index (κ3) is 3.67. The zero-order valence-corrected chi connectivity index (χ0v) is 14.5. The van der Waals surface area contributed by atoms with Crippen LogP contribution in [0.15, 0.2) is 18.2 Å². The maximum Gasteiger partial charge on any atom is 0.147 e. The smallest absolute Gasteiger partial charge is 0.147 e. The zero-order chi connectivity index (χ0) is 17.2. The summed E-state index contributed by atoms with van der Waals surface area (Å²) in [5.74, 6) is 1.74. The first-order valence-corrected chi connectivity index (χ1v) is 8.94. The Morgan fingerprint density at radius 2 is 2.16 bits per heavy atom. The van der Waals surface area contributed by atoms with Crippen LogP contribution < -0.4 is 10.2 Å². The van der Waals surface area contributed by atoms with Gasteiger partial charge in [0.15, 0.2) is 0 Å². The number of aromatic nitrogens is 3. The van der Waals surface area contributed by atoms with Crippen molar-refractivity contribution < 1.29 is 9.13 Å². The number of hydrogen-bond acceptors (Lipinski definition) is 5. The Morgan fingerprint density at radius 3 is 2.96 bits per heavy atom. The lowest BCUT2D eigenvalue weighted by Gasteiger charge is -2.29.